The lowest BCUT2D eigenvalue weighted by Crippen LogP contribution is -2.36. The van der Waals surface area contributed by atoms with Gasteiger partial charge in [0.2, 0.25) is 5.91 Å². The highest BCUT2D eigenvalue weighted by atomic mass is 19.3. The minimum absolute atomic E-state index is 0.0265. The lowest BCUT2D eigenvalue weighted by molar-refractivity contribution is -0.286. The molecule has 7 nitrogen and oxygen atoms in total. The van der Waals surface area contributed by atoms with Crippen LogP contribution in [-0.2, 0) is 9.53 Å². The van der Waals surface area contributed by atoms with Crippen molar-refractivity contribution in [3.63, 3.8) is 0 Å². The van der Waals surface area contributed by atoms with E-state index in [9.17, 15) is 13.6 Å². The predicted molar refractivity (Wildman–Crippen MR) is 99.2 cm³/mol. The van der Waals surface area contributed by atoms with Crippen LogP contribution in [0.5, 0.6) is 11.5 Å². The molecule has 9 heteroatoms. The second kappa shape index (κ2) is 7.51. The van der Waals surface area contributed by atoms with Gasteiger partial charge in [0.25, 0.3) is 0 Å². The van der Waals surface area contributed by atoms with E-state index in [1.54, 1.807) is 0 Å². The molecule has 2 N–H and O–H groups in total. The minimum Gasteiger partial charge on any atom is -0.395 e. The molecular formula is C19H19F2N3O4. The minimum atomic E-state index is -3.66. The van der Waals surface area contributed by atoms with E-state index in [2.05, 4.69) is 25.0 Å². The highest BCUT2D eigenvalue weighted by Gasteiger charge is 2.43. The number of anilines is 3. The normalized spacial score (nSPS) is 17.3. The maximum Gasteiger partial charge on any atom is 0.586 e. The van der Waals surface area contributed by atoms with Crippen LogP contribution < -0.4 is 25.0 Å². The molecule has 0 saturated carbocycles. The van der Waals surface area contributed by atoms with Crippen LogP contribution in [0.4, 0.5) is 25.8 Å². The van der Waals surface area contributed by atoms with Gasteiger partial charge in [0.15, 0.2) is 11.5 Å². The SMILES string of the molecule is O=C(CNc1ccc2c(c1)OC(F)(F)O2)Nc1ccc(N2CCOCC2)cc1. The molecule has 1 saturated heterocycles. The fourth-order valence-electron chi connectivity index (χ4n) is 3.02. The van der Waals surface area contributed by atoms with E-state index in [0.29, 0.717) is 24.6 Å². The summed E-state index contributed by atoms with van der Waals surface area (Å²) in [6, 6.07) is 11.8. The van der Waals surface area contributed by atoms with Crippen LogP contribution in [-0.4, -0.2) is 45.0 Å². The number of nitrogens with one attached hydrogen (secondary N) is 2. The van der Waals surface area contributed by atoms with E-state index in [1.807, 2.05) is 24.3 Å². The van der Waals surface area contributed by atoms with Gasteiger partial charge >= 0.3 is 6.29 Å². The number of nitrogens with zero attached hydrogens (tertiary/aromatic N) is 1. The Balaban J connectivity index is 1.29. The molecule has 0 atom stereocenters. The third-order valence-electron chi connectivity index (χ3n) is 4.38. The summed E-state index contributed by atoms with van der Waals surface area (Å²) in [5, 5.41) is 5.66. The Hall–Kier alpha value is -3.07. The topological polar surface area (TPSA) is 72.1 Å². The van der Waals surface area contributed by atoms with Gasteiger partial charge in [-0.2, -0.15) is 0 Å². The van der Waals surface area contributed by atoms with E-state index >= 15 is 0 Å². The third-order valence-corrected chi connectivity index (χ3v) is 4.38. The lowest BCUT2D eigenvalue weighted by atomic mass is 10.2. The highest BCUT2D eigenvalue weighted by Crippen LogP contribution is 2.42. The Bertz CT molecular complexity index is 855. The van der Waals surface area contributed by atoms with Crippen molar-refractivity contribution in [1.82, 2.24) is 0 Å². The Morgan fingerprint density at radius 2 is 1.68 bits per heavy atom. The number of alkyl halides is 2. The number of morpholine rings is 1. The molecule has 4 rings (SSSR count). The first-order valence-electron chi connectivity index (χ1n) is 8.85. The summed E-state index contributed by atoms with van der Waals surface area (Å²) >= 11 is 0. The number of halogens is 2. The molecule has 0 radical (unpaired) electrons. The van der Waals surface area contributed by atoms with Crippen molar-refractivity contribution >= 4 is 23.0 Å². The number of fused-ring (bicyclic) bond motifs is 1. The van der Waals surface area contributed by atoms with Crippen LogP contribution in [0.25, 0.3) is 0 Å². The summed E-state index contributed by atoms with van der Waals surface area (Å²) in [5.41, 5.74) is 2.23. The number of carbonyl (C=O) groups excluding carboxylic acids is 1. The largest absolute Gasteiger partial charge is 0.586 e. The van der Waals surface area contributed by atoms with Crippen molar-refractivity contribution < 1.29 is 27.8 Å². The van der Waals surface area contributed by atoms with E-state index < -0.39 is 6.29 Å². The molecule has 0 aliphatic carbocycles. The molecule has 1 fully saturated rings. The Morgan fingerprint density at radius 3 is 2.43 bits per heavy atom. The Labute approximate surface area is 160 Å². The molecule has 28 heavy (non-hydrogen) atoms. The Kier molecular flexibility index (Phi) is 4.91. The molecule has 0 unspecified atom stereocenters. The van der Waals surface area contributed by atoms with Crippen LogP contribution in [0, 0.1) is 0 Å². The quantitative estimate of drug-likeness (QED) is 0.817. The monoisotopic (exact) mass is 391 g/mol. The Morgan fingerprint density at radius 1 is 1.00 bits per heavy atom. The highest BCUT2D eigenvalue weighted by molar-refractivity contribution is 5.94. The fourth-order valence-corrected chi connectivity index (χ4v) is 3.02. The van der Waals surface area contributed by atoms with Crippen molar-refractivity contribution in [3.05, 3.63) is 42.5 Å². The molecule has 2 heterocycles. The molecule has 148 valence electrons. The first-order valence-corrected chi connectivity index (χ1v) is 8.85. The molecular weight excluding hydrogens is 372 g/mol. The maximum atomic E-state index is 13.0. The van der Waals surface area contributed by atoms with Gasteiger partial charge in [0.1, 0.15) is 0 Å². The van der Waals surface area contributed by atoms with Gasteiger partial charge in [-0.15, -0.1) is 8.78 Å². The summed E-state index contributed by atoms with van der Waals surface area (Å²) in [6.45, 7) is 3.08. The molecule has 1 amide bonds. The van der Waals surface area contributed by atoms with Crippen LogP contribution >= 0.6 is 0 Å². The predicted octanol–water partition coefficient (Wildman–Crippen LogP) is 2.90. The van der Waals surface area contributed by atoms with Crippen LogP contribution in [0.1, 0.15) is 0 Å². The van der Waals surface area contributed by atoms with Crippen molar-refractivity contribution in [1.29, 1.82) is 0 Å². The summed E-state index contributed by atoms with van der Waals surface area (Å²) < 4.78 is 40.1. The zero-order chi connectivity index (χ0) is 19.6. The number of rotatable bonds is 5. The lowest BCUT2D eigenvalue weighted by Gasteiger charge is -2.28. The molecule has 2 aromatic rings. The second-order valence-electron chi connectivity index (χ2n) is 6.38. The first-order chi connectivity index (χ1) is 13.5. The average molecular weight is 391 g/mol. The van der Waals surface area contributed by atoms with Gasteiger partial charge < -0.3 is 29.7 Å². The van der Waals surface area contributed by atoms with Crippen molar-refractivity contribution in [2.45, 2.75) is 6.29 Å². The summed E-state index contributed by atoms with van der Waals surface area (Å²) in [7, 11) is 0. The summed E-state index contributed by atoms with van der Waals surface area (Å²) in [6.07, 6.45) is -3.66. The van der Waals surface area contributed by atoms with Gasteiger partial charge in [-0.05, 0) is 36.4 Å². The molecule has 0 bridgehead atoms. The number of amides is 1. The number of ether oxygens (including phenoxy) is 3. The van der Waals surface area contributed by atoms with E-state index in [1.165, 1.54) is 18.2 Å². The van der Waals surface area contributed by atoms with Crippen molar-refractivity contribution in [2.24, 2.45) is 0 Å². The fraction of sp³-hybridized carbons (Fsp3) is 0.316. The van der Waals surface area contributed by atoms with E-state index in [-0.39, 0.29) is 24.0 Å². The van der Waals surface area contributed by atoms with Crippen LogP contribution in [0.2, 0.25) is 0 Å². The number of carbonyl (C=O) groups is 1. The van der Waals surface area contributed by atoms with Crippen molar-refractivity contribution in [2.75, 3.05) is 48.4 Å². The summed E-state index contributed by atoms with van der Waals surface area (Å²) in [4.78, 5) is 14.4. The number of benzene rings is 2. The van der Waals surface area contributed by atoms with Gasteiger partial charge in [0.05, 0.1) is 19.8 Å². The molecule has 2 aliphatic rings. The number of hydrogen-bond acceptors (Lipinski definition) is 6. The zero-order valence-electron chi connectivity index (χ0n) is 14.9. The molecule has 0 spiro atoms. The van der Waals surface area contributed by atoms with E-state index in [4.69, 9.17) is 4.74 Å². The van der Waals surface area contributed by atoms with Crippen LogP contribution in [0.3, 0.4) is 0 Å². The maximum absolute atomic E-state index is 13.0. The molecule has 2 aromatic carbocycles. The van der Waals surface area contributed by atoms with Gasteiger partial charge in [-0.1, -0.05) is 0 Å². The first kappa shape index (κ1) is 18.3. The second-order valence-corrected chi connectivity index (χ2v) is 6.38. The van der Waals surface area contributed by atoms with Gasteiger partial charge in [-0.3, -0.25) is 4.79 Å². The standard InChI is InChI=1S/C19H19F2N3O4/c20-19(21)27-16-6-3-14(11-17(16)28-19)22-12-18(25)23-13-1-4-15(5-2-13)24-7-9-26-10-8-24/h1-6,11,22H,7-10,12H2,(H,23,25). The zero-order valence-corrected chi connectivity index (χ0v) is 14.9. The van der Waals surface area contributed by atoms with Crippen molar-refractivity contribution in [3.8, 4) is 11.5 Å². The average Bonchev–Trinajstić information content (AvgIpc) is 3.00. The van der Waals surface area contributed by atoms with Crippen LogP contribution in [0.15, 0.2) is 42.5 Å². The molecule has 0 aromatic heterocycles. The van der Waals surface area contributed by atoms with Gasteiger partial charge in [-0.25, -0.2) is 0 Å². The number of hydrogen-bond donors (Lipinski definition) is 2. The van der Waals surface area contributed by atoms with E-state index in [0.717, 1.165) is 18.8 Å². The summed E-state index contributed by atoms with van der Waals surface area (Å²) in [5.74, 6) is -0.378. The van der Waals surface area contributed by atoms with Gasteiger partial charge in [0, 0.05) is 36.2 Å². The molecule has 2 aliphatic heterocycles. The smallest absolute Gasteiger partial charge is 0.395 e. The third kappa shape index (κ3) is 4.25.